The van der Waals surface area contributed by atoms with Crippen LogP contribution in [0.25, 0.3) is 0 Å². The van der Waals surface area contributed by atoms with Gasteiger partial charge >= 0.3 is 0 Å². The third-order valence-corrected chi connectivity index (χ3v) is 4.14. The Morgan fingerprint density at radius 1 is 1.30 bits per heavy atom. The lowest BCUT2D eigenvalue weighted by atomic mass is 10.3. The molecule has 0 atom stereocenters. The van der Waals surface area contributed by atoms with E-state index in [9.17, 15) is 8.42 Å². The lowest BCUT2D eigenvalue weighted by molar-refractivity contribution is 0.370. The van der Waals surface area contributed by atoms with Crippen molar-refractivity contribution in [2.75, 3.05) is 49.9 Å². The molecule has 3 N–H and O–H groups in total. The molecule has 0 unspecified atom stereocenters. The van der Waals surface area contributed by atoms with E-state index in [0.29, 0.717) is 5.96 Å². The van der Waals surface area contributed by atoms with Gasteiger partial charge in [0.25, 0.3) is 0 Å². The monoisotopic (exact) mass is 341 g/mol. The van der Waals surface area contributed by atoms with Crippen molar-refractivity contribution in [1.82, 2.24) is 20.2 Å². The van der Waals surface area contributed by atoms with Crippen LogP contribution in [0.5, 0.6) is 0 Å². The van der Waals surface area contributed by atoms with Gasteiger partial charge in [0.15, 0.2) is 5.96 Å². The number of anilines is 1. The van der Waals surface area contributed by atoms with E-state index in [4.69, 9.17) is 5.14 Å². The van der Waals surface area contributed by atoms with Gasteiger partial charge < -0.3 is 15.1 Å². The minimum atomic E-state index is -3.49. The maximum absolute atomic E-state index is 11.0. The second-order valence-corrected chi connectivity index (χ2v) is 6.86. The molecule has 1 aliphatic rings. The van der Waals surface area contributed by atoms with E-state index >= 15 is 0 Å². The van der Waals surface area contributed by atoms with Gasteiger partial charge in [-0.15, -0.1) is 0 Å². The smallest absolute Gasteiger partial charge is 0.225 e. The molecular formula is C13H23N7O2S. The van der Waals surface area contributed by atoms with E-state index in [0.717, 1.165) is 38.7 Å². The first kappa shape index (κ1) is 17.4. The van der Waals surface area contributed by atoms with Gasteiger partial charge in [0, 0.05) is 45.1 Å². The maximum Gasteiger partial charge on any atom is 0.225 e. The summed E-state index contributed by atoms with van der Waals surface area (Å²) in [7, 11) is -3.49. The Morgan fingerprint density at radius 3 is 2.52 bits per heavy atom. The van der Waals surface area contributed by atoms with Crippen LogP contribution < -0.4 is 15.4 Å². The van der Waals surface area contributed by atoms with Crippen molar-refractivity contribution in [3.63, 3.8) is 0 Å². The van der Waals surface area contributed by atoms with Crippen molar-refractivity contribution in [1.29, 1.82) is 0 Å². The fourth-order valence-electron chi connectivity index (χ4n) is 2.28. The average Bonchev–Trinajstić information content (AvgIpc) is 2.54. The number of aromatic nitrogens is 2. The summed E-state index contributed by atoms with van der Waals surface area (Å²) >= 11 is 0. The Balaban J connectivity index is 1.93. The van der Waals surface area contributed by atoms with Crippen LogP contribution in [0, 0.1) is 0 Å². The normalized spacial score (nSPS) is 16.5. The number of rotatable bonds is 5. The lowest BCUT2D eigenvalue weighted by Gasteiger charge is -2.36. The molecule has 0 aliphatic carbocycles. The van der Waals surface area contributed by atoms with Gasteiger partial charge in [-0.25, -0.2) is 23.5 Å². The van der Waals surface area contributed by atoms with Gasteiger partial charge in [-0.1, -0.05) is 0 Å². The summed E-state index contributed by atoms with van der Waals surface area (Å²) in [4.78, 5) is 17.1. The van der Waals surface area contributed by atoms with Crippen molar-refractivity contribution in [2.45, 2.75) is 6.92 Å². The Morgan fingerprint density at radius 2 is 1.96 bits per heavy atom. The van der Waals surface area contributed by atoms with E-state index in [-0.39, 0.29) is 12.3 Å². The molecule has 1 fully saturated rings. The summed E-state index contributed by atoms with van der Waals surface area (Å²) in [5.74, 6) is 1.28. The molecule has 1 aromatic heterocycles. The van der Waals surface area contributed by atoms with Crippen LogP contribution in [0.1, 0.15) is 6.92 Å². The number of hydrogen-bond acceptors (Lipinski definition) is 6. The zero-order chi connectivity index (χ0) is 16.7. The molecule has 2 rings (SSSR count). The van der Waals surface area contributed by atoms with Gasteiger partial charge in [-0.3, -0.25) is 4.99 Å². The first-order valence-electron chi connectivity index (χ1n) is 7.55. The highest BCUT2D eigenvalue weighted by Crippen LogP contribution is 2.09. The number of hydrogen-bond donors (Lipinski definition) is 2. The average molecular weight is 341 g/mol. The molecule has 1 aliphatic heterocycles. The third kappa shape index (κ3) is 5.64. The predicted octanol–water partition coefficient (Wildman–Crippen LogP) is -1.15. The number of nitrogens with one attached hydrogen (secondary N) is 1. The molecule has 9 nitrogen and oxygen atoms in total. The van der Waals surface area contributed by atoms with Crippen molar-refractivity contribution in [3.8, 4) is 0 Å². The lowest BCUT2D eigenvalue weighted by Crippen LogP contribution is -2.53. The Labute approximate surface area is 136 Å². The second kappa shape index (κ2) is 8.06. The Kier molecular flexibility index (Phi) is 6.11. The van der Waals surface area contributed by atoms with E-state index in [1.165, 1.54) is 0 Å². The number of piperazine rings is 1. The molecule has 0 amide bonds. The predicted molar refractivity (Wildman–Crippen MR) is 89.8 cm³/mol. The summed E-state index contributed by atoms with van der Waals surface area (Å²) in [6.07, 6.45) is 3.46. The SMILES string of the molecule is CCNC(=NCCS(N)(=O)=O)N1CCN(c2ncccn2)CC1. The highest BCUT2D eigenvalue weighted by molar-refractivity contribution is 7.89. The van der Waals surface area contributed by atoms with Crippen molar-refractivity contribution in [3.05, 3.63) is 18.5 Å². The second-order valence-electron chi connectivity index (χ2n) is 5.13. The highest BCUT2D eigenvalue weighted by atomic mass is 32.2. The molecular weight excluding hydrogens is 318 g/mol. The molecule has 0 spiro atoms. The first-order chi connectivity index (χ1) is 11.0. The van der Waals surface area contributed by atoms with Crippen molar-refractivity contribution < 1.29 is 8.42 Å². The topological polar surface area (TPSA) is 117 Å². The van der Waals surface area contributed by atoms with E-state index in [1.807, 2.05) is 6.92 Å². The minimum absolute atomic E-state index is 0.153. The van der Waals surface area contributed by atoms with Gasteiger partial charge in [-0.05, 0) is 13.0 Å². The summed E-state index contributed by atoms with van der Waals surface area (Å²) in [6.45, 7) is 5.94. The van der Waals surface area contributed by atoms with Crippen molar-refractivity contribution in [2.24, 2.45) is 10.1 Å². The van der Waals surface area contributed by atoms with Crippen LogP contribution in [0.3, 0.4) is 0 Å². The zero-order valence-corrected chi connectivity index (χ0v) is 14.0. The fraction of sp³-hybridized carbons (Fsp3) is 0.615. The largest absolute Gasteiger partial charge is 0.357 e. The first-order valence-corrected chi connectivity index (χ1v) is 9.27. The molecule has 0 radical (unpaired) electrons. The molecule has 0 aromatic carbocycles. The van der Waals surface area contributed by atoms with Crippen LogP contribution in [0.4, 0.5) is 5.95 Å². The number of nitrogens with zero attached hydrogens (tertiary/aromatic N) is 5. The van der Waals surface area contributed by atoms with Crippen LogP contribution in [0.2, 0.25) is 0 Å². The molecule has 2 heterocycles. The molecule has 0 bridgehead atoms. The molecule has 10 heteroatoms. The fourth-order valence-corrected chi connectivity index (χ4v) is 2.62. The molecule has 23 heavy (non-hydrogen) atoms. The Bertz CT molecular complexity index is 612. The quantitative estimate of drug-likeness (QED) is 0.513. The van der Waals surface area contributed by atoms with Crippen LogP contribution in [0.15, 0.2) is 23.5 Å². The van der Waals surface area contributed by atoms with Crippen molar-refractivity contribution >= 4 is 21.9 Å². The van der Waals surface area contributed by atoms with Gasteiger partial charge in [0.05, 0.1) is 12.3 Å². The third-order valence-electron chi connectivity index (χ3n) is 3.39. The molecule has 1 aromatic rings. The van der Waals surface area contributed by atoms with E-state index in [2.05, 4.69) is 30.1 Å². The molecule has 128 valence electrons. The van der Waals surface area contributed by atoms with Crippen LogP contribution in [-0.4, -0.2) is 74.3 Å². The molecule has 1 saturated heterocycles. The van der Waals surface area contributed by atoms with Crippen LogP contribution in [-0.2, 0) is 10.0 Å². The van der Waals surface area contributed by atoms with Gasteiger partial charge in [0.2, 0.25) is 16.0 Å². The number of primary sulfonamides is 1. The number of guanidine groups is 1. The number of sulfonamides is 1. The molecule has 0 saturated carbocycles. The summed E-state index contributed by atoms with van der Waals surface area (Å²) in [6, 6.07) is 1.79. The van der Waals surface area contributed by atoms with E-state index in [1.54, 1.807) is 18.5 Å². The minimum Gasteiger partial charge on any atom is -0.357 e. The standard InChI is InChI=1S/C13H23N7O2S/c1-2-15-12(18-6-11-23(14,21)22)19-7-9-20(10-8-19)13-16-4-3-5-17-13/h3-5H,2,6-11H2,1H3,(H,15,18)(H2,14,21,22). The zero-order valence-electron chi connectivity index (χ0n) is 13.2. The van der Waals surface area contributed by atoms with E-state index < -0.39 is 10.0 Å². The Hall–Kier alpha value is -1.94. The van der Waals surface area contributed by atoms with Gasteiger partial charge in [-0.2, -0.15) is 0 Å². The summed E-state index contributed by atoms with van der Waals surface area (Å²) in [5, 5.41) is 8.19. The number of aliphatic imine (C=N–C) groups is 1. The summed E-state index contributed by atoms with van der Waals surface area (Å²) < 4.78 is 22.0. The number of nitrogens with two attached hydrogens (primary N) is 1. The van der Waals surface area contributed by atoms with Crippen LogP contribution >= 0.6 is 0 Å². The summed E-state index contributed by atoms with van der Waals surface area (Å²) in [5.41, 5.74) is 0. The highest BCUT2D eigenvalue weighted by Gasteiger charge is 2.21. The van der Waals surface area contributed by atoms with Gasteiger partial charge in [0.1, 0.15) is 0 Å². The maximum atomic E-state index is 11.0.